The number of morpholine rings is 1. The van der Waals surface area contributed by atoms with Gasteiger partial charge >= 0.3 is 5.97 Å². The molecule has 1 saturated heterocycles. The van der Waals surface area contributed by atoms with Crippen LogP contribution in [0.4, 0.5) is 11.4 Å². The summed E-state index contributed by atoms with van der Waals surface area (Å²) in [5.41, 5.74) is 2.64. The van der Waals surface area contributed by atoms with E-state index >= 15 is 0 Å². The summed E-state index contributed by atoms with van der Waals surface area (Å²) < 4.78 is 11.0. The van der Waals surface area contributed by atoms with Crippen molar-refractivity contribution < 1.29 is 19.4 Å². The van der Waals surface area contributed by atoms with Gasteiger partial charge in [-0.1, -0.05) is 11.6 Å². The summed E-state index contributed by atoms with van der Waals surface area (Å²) in [6.45, 7) is 5.55. The number of carboxylic acids is 1. The molecule has 1 aliphatic rings. The average Bonchev–Trinajstić information content (AvgIpc) is 2.68. The number of hydrogen-bond donors (Lipinski definition) is 2. The number of nitrogens with zero attached hydrogens (tertiary/aromatic N) is 1. The lowest BCUT2D eigenvalue weighted by Crippen LogP contribution is -2.37. The van der Waals surface area contributed by atoms with Crippen LogP contribution in [0.1, 0.15) is 22.8 Å². The van der Waals surface area contributed by atoms with Gasteiger partial charge in [-0.25, -0.2) is 4.79 Å². The lowest BCUT2D eigenvalue weighted by atomic mass is 10.1. The zero-order chi connectivity index (χ0) is 19.2. The Morgan fingerprint density at radius 2 is 2.04 bits per heavy atom. The first-order valence-corrected chi connectivity index (χ1v) is 9.31. The van der Waals surface area contributed by atoms with Crippen molar-refractivity contribution >= 4 is 28.9 Å². The van der Waals surface area contributed by atoms with E-state index in [1.54, 1.807) is 12.1 Å². The molecule has 6 nitrogen and oxygen atoms in total. The largest absolute Gasteiger partial charge is 0.494 e. The maximum atomic E-state index is 11.8. The fourth-order valence-electron chi connectivity index (χ4n) is 3.08. The SMILES string of the molecule is CCOc1ccc(Cl)cc1CNc1ccc(N2CCOCC2)c(C(=O)O)c1. The predicted molar refractivity (Wildman–Crippen MR) is 106 cm³/mol. The monoisotopic (exact) mass is 390 g/mol. The van der Waals surface area contributed by atoms with Crippen molar-refractivity contribution in [3.8, 4) is 5.75 Å². The second-order valence-electron chi connectivity index (χ2n) is 6.18. The zero-order valence-corrected chi connectivity index (χ0v) is 16.0. The Bertz CT molecular complexity index is 807. The first kappa shape index (κ1) is 19.3. The molecule has 2 aromatic carbocycles. The van der Waals surface area contributed by atoms with E-state index in [2.05, 4.69) is 5.32 Å². The second-order valence-corrected chi connectivity index (χ2v) is 6.61. The number of rotatable bonds is 7. The van der Waals surface area contributed by atoms with E-state index in [4.69, 9.17) is 21.1 Å². The molecule has 0 atom stereocenters. The molecule has 1 fully saturated rings. The summed E-state index contributed by atoms with van der Waals surface area (Å²) >= 11 is 6.10. The Labute approximate surface area is 163 Å². The van der Waals surface area contributed by atoms with Gasteiger partial charge in [0.1, 0.15) is 5.75 Å². The molecule has 0 bridgehead atoms. The number of ether oxygens (including phenoxy) is 2. The van der Waals surface area contributed by atoms with Crippen LogP contribution < -0.4 is 15.0 Å². The van der Waals surface area contributed by atoms with E-state index in [-0.39, 0.29) is 5.56 Å². The van der Waals surface area contributed by atoms with Crippen molar-refractivity contribution in [3.05, 3.63) is 52.5 Å². The minimum absolute atomic E-state index is 0.276. The van der Waals surface area contributed by atoms with Crippen LogP contribution in [-0.2, 0) is 11.3 Å². The summed E-state index contributed by atoms with van der Waals surface area (Å²) in [7, 11) is 0. The van der Waals surface area contributed by atoms with E-state index in [1.807, 2.05) is 36.1 Å². The molecule has 7 heteroatoms. The number of nitrogens with one attached hydrogen (secondary N) is 1. The number of anilines is 2. The van der Waals surface area contributed by atoms with Gasteiger partial charge in [0, 0.05) is 35.9 Å². The lowest BCUT2D eigenvalue weighted by Gasteiger charge is -2.30. The molecule has 1 aliphatic heterocycles. The maximum absolute atomic E-state index is 11.8. The second kappa shape index (κ2) is 8.97. The van der Waals surface area contributed by atoms with Gasteiger partial charge in [-0.3, -0.25) is 0 Å². The topological polar surface area (TPSA) is 71.0 Å². The molecule has 0 aliphatic carbocycles. The highest BCUT2D eigenvalue weighted by molar-refractivity contribution is 6.30. The molecule has 0 unspecified atom stereocenters. The molecule has 0 spiro atoms. The summed E-state index contributed by atoms with van der Waals surface area (Å²) in [6.07, 6.45) is 0. The lowest BCUT2D eigenvalue weighted by molar-refractivity contribution is 0.0696. The van der Waals surface area contributed by atoms with Crippen LogP contribution >= 0.6 is 11.6 Å². The number of aromatic carboxylic acids is 1. The number of benzene rings is 2. The highest BCUT2D eigenvalue weighted by atomic mass is 35.5. The van der Waals surface area contributed by atoms with Crippen molar-refractivity contribution in [2.45, 2.75) is 13.5 Å². The van der Waals surface area contributed by atoms with E-state index in [9.17, 15) is 9.90 Å². The smallest absolute Gasteiger partial charge is 0.337 e. The van der Waals surface area contributed by atoms with Gasteiger partial charge in [0.15, 0.2) is 0 Å². The summed E-state index contributed by atoms with van der Waals surface area (Å²) in [5.74, 6) is -0.185. The molecule has 144 valence electrons. The Morgan fingerprint density at radius 1 is 1.26 bits per heavy atom. The van der Waals surface area contributed by atoms with E-state index in [0.29, 0.717) is 50.2 Å². The Morgan fingerprint density at radius 3 is 2.74 bits per heavy atom. The normalized spacial score (nSPS) is 14.1. The van der Waals surface area contributed by atoms with Gasteiger partial charge in [0.05, 0.1) is 31.1 Å². The molecule has 1 heterocycles. The van der Waals surface area contributed by atoms with Crippen LogP contribution in [0.5, 0.6) is 5.75 Å². The first-order valence-electron chi connectivity index (χ1n) is 8.93. The summed E-state index contributed by atoms with van der Waals surface area (Å²) in [6, 6.07) is 10.9. The minimum Gasteiger partial charge on any atom is -0.494 e. The van der Waals surface area contributed by atoms with E-state index in [1.165, 1.54) is 0 Å². The predicted octanol–water partition coefficient (Wildman–Crippen LogP) is 3.89. The third kappa shape index (κ3) is 4.84. The molecule has 27 heavy (non-hydrogen) atoms. The van der Waals surface area contributed by atoms with Crippen LogP contribution in [0.3, 0.4) is 0 Å². The molecule has 0 radical (unpaired) electrons. The van der Waals surface area contributed by atoms with Crippen LogP contribution in [0, 0.1) is 0 Å². The molecular weight excluding hydrogens is 368 g/mol. The molecular formula is C20H23ClN2O4. The fraction of sp³-hybridized carbons (Fsp3) is 0.350. The number of carboxylic acid groups (broad SMARTS) is 1. The highest BCUT2D eigenvalue weighted by Crippen LogP contribution is 2.27. The summed E-state index contributed by atoms with van der Waals surface area (Å²) in [5, 5.41) is 13.5. The standard InChI is InChI=1S/C20H23ClN2O4/c1-2-27-19-6-3-15(21)11-14(19)13-22-16-4-5-18(17(12-16)20(24)25)23-7-9-26-10-8-23/h3-6,11-12,22H,2,7-10,13H2,1H3,(H,24,25). The van der Waals surface area contributed by atoms with Gasteiger partial charge in [0.25, 0.3) is 0 Å². The highest BCUT2D eigenvalue weighted by Gasteiger charge is 2.19. The van der Waals surface area contributed by atoms with Gasteiger partial charge in [-0.05, 0) is 43.3 Å². The molecule has 3 rings (SSSR count). The van der Waals surface area contributed by atoms with Gasteiger partial charge in [-0.2, -0.15) is 0 Å². The number of halogens is 1. The molecule has 2 N–H and O–H groups in total. The molecule has 2 aromatic rings. The van der Waals surface area contributed by atoms with Gasteiger partial charge in [-0.15, -0.1) is 0 Å². The molecule has 0 saturated carbocycles. The number of carbonyl (C=O) groups is 1. The molecule has 0 aromatic heterocycles. The third-order valence-electron chi connectivity index (χ3n) is 4.38. The number of hydrogen-bond acceptors (Lipinski definition) is 5. The van der Waals surface area contributed by atoms with Crippen molar-refractivity contribution in [2.75, 3.05) is 43.1 Å². The molecule has 0 amide bonds. The van der Waals surface area contributed by atoms with Crippen molar-refractivity contribution in [3.63, 3.8) is 0 Å². The average molecular weight is 391 g/mol. The van der Waals surface area contributed by atoms with Crippen molar-refractivity contribution in [2.24, 2.45) is 0 Å². The van der Waals surface area contributed by atoms with Crippen molar-refractivity contribution in [1.29, 1.82) is 0 Å². The Balaban J connectivity index is 1.79. The Hall–Kier alpha value is -2.44. The fourth-order valence-corrected chi connectivity index (χ4v) is 3.27. The maximum Gasteiger partial charge on any atom is 0.337 e. The van der Waals surface area contributed by atoms with E-state index in [0.717, 1.165) is 17.0 Å². The van der Waals surface area contributed by atoms with Crippen LogP contribution in [-0.4, -0.2) is 44.0 Å². The third-order valence-corrected chi connectivity index (χ3v) is 4.62. The van der Waals surface area contributed by atoms with Gasteiger partial charge < -0.3 is 24.8 Å². The van der Waals surface area contributed by atoms with Crippen LogP contribution in [0.15, 0.2) is 36.4 Å². The van der Waals surface area contributed by atoms with E-state index < -0.39 is 5.97 Å². The van der Waals surface area contributed by atoms with Crippen LogP contribution in [0.25, 0.3) is 0 Å². The summed E-state index contributed by atoms with van der Waals surface area (Å²) in [4.78, 5) is 13.8. The quantitative estimate of drug-likeness (QED) is 0.747. The van der Waals surface area contributed by atoms with Gasteiger partial charge in [0.2, 0.25) is 0 Å². The Kier molecular flexibility index (Phi) is 6.42. The van der Waals surface area contributed by atoms with Crippen molar-refractivity contribution in [1.82, 2.24) is 0 Å². The first-order chi connectivity index (χ1) is 13.1. The zero-order valence-electron chi connectivity index (χ0n) is 15.2. The minimum atomic E-state index is -0.946. The van der Waals surface area contributed by atoms with Crippen LogP contribution in [0.2, 0.25) is 5.02 Å².